The maximum atomic E-state index is 13.8. The quantitative estimate of drug-likeness (QED) is 0.567. The van der Waals surface area contributed by atoms with Gasteiger partial charge in [-0.15, -0.1) is 0 Å². The summed E-state index contributed by atoms with van der Waals surface area (Å²) in [6, 6.07) is 5.16. The summed E-state index contributed by atoms with van der Waals surface area (Å²) >= 11 is 0. The first-order valence-corrected chi connectivity index (χ1v) is 11.8. The van der Waals surface area contributed by atoms with Crippen LogP contribution in [0.1, 0.15) is 77.8 Å². The zero-order valence-electron chi connectivity index (χ0n) is 20.1. The van der Waals surface area contributed by atoms with E-state index < -0.39 is 11.7 Å². The molecule has 0 saturated carbocycles. The van der Waals surface area contributed by atoms with Crippen LogP contribution in [-0.2, 0) is 16.0 Å². The number of rotatable bonds is 7. The Kier molecular flexibility index (Phi) is 7.63. The van der Waals surface area contributed by atoms with Crippen molar-refractivity contribution >= 4 is 17.6 Å². The van der Waals surface area contributed by atoms with Crippen LogP contribution in [0.5, 0.6) is 0 Å². The van der Waals surface area contributed by atoms with Crippen molar-refractivity contribution < 1.29 is 18.7 Å². The summed E-state index contributed by atoms with van der Waals surface area (Å²) in [5, 5.41) is 2.75. The highest BCUT2D eigenvalue weighted by molar-refractivity contribution is 5.83. The minimum atomic E-state index is -0.515. The summed E-state index contributed by atoms with van der Waals surface area (Å²) in [6.45, 7) is 11.0. The zero-order valence-corrected chi connectivity index (χ0v) is 20.1. The van der Waals surface area contributed by atoms with Crippen molar-refractivity contribution in [2.24, 2.45) is 5.92 Å². The van der Waals surface area contributed by atoms with Gasteiger partial charge in [-0.3, -0.25) is 4.79 Å². The number of nitrogens with one attached hydrogen (secondary N) is 1. The molecule has 0 bridgehead atoms. The Morgan fingerprint density at radius 2 is 2.00 bits per heavy atom. The number of nitrogens with zero attached hydrogens (tertiary/aromatic N) is 1. The molecule has 3 rings (SSSR count). The molecule has 1 aliphatic carbocycles. The first-order chi connectivity index (χ1) is 15.0. The number of hydrogen-bond acceptors (Lipinski definition) is 3. The predicted octanol–water partition coefficient (Wildman–Crippen LogP) is 5.48. The molecule has 1 atom stereocenters. The van der Waals surface area contributed by atoms with Crippen LogP contribution in [0.25, 0.3) is 5.57 Å². The normalized spacial score (nSPS) is 18.0. The average molecular weight is 445 g/mol. The molecule has 1 unspecified atom stereocenters. The number of hydrogen-bond donors (Lipinski definition) is 1. The lowest BCUT2D eigenvalue weighted by molar-refractivity contribution is -0.133. The highest BCUT2D eigenvalue weighted by Crippen LogP contribution is 2.42. The number of alkyl carbamates (subject to hydrolysis) is 1. The van der Waals surface area contributed by atoms with Crippen molar-refractivity contribution in [3.8, 4) is 0 Å². The molecule has 176 valence electrons. The fourth-order valence-electron chi connectivity index (χ4n) is 4.72. The first-order valence-electron chi connectivity index (χ1n) is 11.8. The molecule has 1 heterocycles. The molecule has 1 N–H and O–H groups in total. The van der Waals surface area contributed by atoms with Gasteiger partial charge in [0.15, 0.2) is 0 Å². The van der Waals surface area contributed by atoms with Crippen LogP contribution < -0.4 is 5.32 Å². The van der Waals surface area contributed by atoms with E-state index in [1.807, 2.05) is 31.7 Å². The molecule has 0 saturated heterocycles. The number of halogens is 1. The molecule has 0 fully saturated rings. The van der Waals surface area contributed by atoms with Gasteiger partial charge >= 0.3 is 6.09 Å². The van der Waals surface area contributed by atoms with Gasteiger partial charge in [0.1, 0.15) is 11.4 Å². The van der Waals surface area contributed by atoms with Gasteiger partial charge < -0.3 is 15.0 Å². The number of amides is 2. The molecule has 6 heteroatoms. The van der Waals surface area contributed by atoms with Crippen molar-refractivity contribution in [3.63, 3.8) is 0 Å². The summed E-state index contributed by atoms with van der Waals surface area (Å²) in [6.07, 6.45) is 4.01. The summed E-state index contributed by atoms with van der Waals surface area (Å²) in [5.41, 5.74) is 4.24. The van der Waals surface area contributed by atoms with Gasteiger partial charge in [0.05, 0.1) is 6.04 Å². The topological polar surface area (TPSA) is 58.6 Å². The lowest BCUT2D eigenvalue weighted by atomic mass is 9.87. The van der Waals surface area contributed by atoms with Gasteiger partial charge in [0.25, 0.3) is 0 Å². The van der Waals surface area contributed by atoms with Crippen molar-refractivity contribution in [2.45, 2.75) is 84.8 Å². The largest absolute Gasteiger partial charge is 0.444 e. The third-order valence-electron chi connectivity index (χ3n) is 6.05. The minimum Gasteiger partial charge on any atom is -0.444 e. The molecule has 2 amide bonds. The van der Waals surface area contributed by atoms with E-state index in [1.165, 1.54) is 22.8 Å². The second-order valence-electron chi connectivity index (χ2n) is 10.4. The summed E-state index contributed by atoms with van der Waals surface area (Å²) in [7, 11) is 0. The van der Waals surface area contributed by atoms with E-state index >= 15 is 0 Å². The van der Waals surface area contributed by atoms with Crippen molar-refractivity contribution in [3.05, 3.63) is 40.7 Å². The fraction of sp³-hybridized carbons (Fsp3) is 0.615. The van der Waals surface area contributed by atoms with Crippen molar-refractivity contribution in [1.82, 2.24) is 10.2 Å². The molecule has 2 aliphatic rings. The number of carbonyl (C=O) groups is 2. The lowest BCUT2D eigenvalue weighted by Crippen LogP contribution is -2.45. The monoisotopic (exact) mass is 444 g/mol. The van der Waals surface area contributed by atoms with Gasteiger partial charge in [-0.1, -0.05) is 19.9 Å². The molecule has 0 aromatic heterocycles. The van der Waals surface area contributed by atoms with Crippen LogP contribution in [-0.4, -0.2) is 41.6 Å². The van der Waals surface area contributed by atoms with Crippen LogP contribution in [0.2, 0.25) is 0 Å². The zero-order chi connectivity index (χ0) is 23.5. The van der Waals surface area contributed by atoms with E-state index in [0.717, 1.165) is 37.7 Å². The molecule has 32 heavy (non-hydrogen) atoms. The molecule has 0 radical (unpaired) electrons. The number of ether oxygens (including phenoxy) is 1. The second kappa shape index (κ2) is 10.1. The number of carbonyl (C=O) groups excluding carboxylic acids is 2. The summed E-state index contributed by atoms with van der Waals surface area (Å²) in [5.74, 6) is 0.429. The first kappa shape index (κ1) is 24.3. The number of fused-ring (bicyclic) bond motifs is 2. The molecule has 5 nitrogen and oxygen atoms in total. The summed E-state index contributed by atoms with van der Waals surface area (Å²) in [4.78, 5) is 26.9. The Balaban J connectivity index is 1.57. The smallest absolute Gasteiger partial charge is 0.407 e. The van der Waals surface area contributed by atoms with Gasteiger partial charge in [0.2, 0.25) is 5.91 Å². The highest BCUT2D eigenvalue weighted by Gasteiger charge is 2.36. The third kappa shape index (κ3) is 6.11. The van der Waals surface area contributed by atoms with E-state index in [1.54, 1.807) is 6.07 Å². The molecule has 1 aromatic rings. The molecular formula is C26H37FN2O3. The van der Waals surface area contributed by atoms with E-state index in [2.05, 4.69) is 19.2 Å². The molecule has 1 aromatic carbocycles. The fourth-order valence-corrected chi connectivity index (χ4v) is 4.72. The highest BCUT2D eigenvalue weighted by atomic mass is 19.1. The van der Waals surface area contributed by atoms with Crippen molar-refractivity contribution in [1.29, 1.82) is 0 Å². The minimum absolute atomic E-state index is 0.0848. The Morgan fingerprint density at radius 3 is 2.69 bits per heavy atom. The third-order valence-corrected chi connectivity index (χ3v) is 6.05. The van der Waals surface area contributed by atoms with Crippen LogP contribution in [0.3, 0.4) is 0 Å². The standard InChI is InChI=1S/C26H37FN2O3/c1-17(2)14-23-22-15-18-9-10-19(27)16-21(18)20(22)11-13-29(23)24(30)8-6-7-12-28-25(31)32-26(3,4)5/h9-10,16-17,23H,6-8,11-15H2,1-5H3,(H,28,31). The molecule has 1 aliphatic heterocycles. The molecular weight excluding hydrogens is 407 g/mol. The van der Waals surface area contributed by atoms with E-state index in [9.17, 15) is 14.0 Å². The predicted molar refractivity (Wildman–Crippen MR) is 125 cm³/mol. The van der Waals surface area contributed by atoms with Crippen LogP contribution in [0.4, 0.5) is 9.18 Å². The van der Waals surface area contributed by atoms with Gasteiger partial charge in [-0.05, 0) is 93.2 Å². The Labute approximate surface area is 191 Å². The SMILES string of the molecule is CC(C)CC1C2=C(CCN1C(=O)CCCCNC(=O)OC(C)(C)C)c1cc(F)ccc1C2. The van der Waals surface area contributed by atoms with Gasteiger partial charge in [0, 0.05) is 19.5 Å². The van der Waals surface area contributed by atoms with Crippen molar-refractivity contribution in [2.75, 3.05) is 13.1 Å². The average Bonchev–Trinajstić information content (AvgIpc) is 3.04. The van der Waals surface area contributed by atoms with E-state index in [0.29, 0.717) is 25.4 Å². The number of unbranched alkanes of at least 4 members (excludes halogenated alkanes) is 1. The van der Waals surface area contributed by atoms with Gasteiger partial charge in [-0.2, -0.15) is 0 Å². The Bertz CT molecular complexity index is 886. The van der Waals surface area contributed by atoms with E-state index in [4.69, 9.17) is 4.74 Å². The van der Waals surface area contributed by atoms with Crippen LogP contribution in [0, 0.1) is 11.7 Å². The van der Waals surface area contributed by atoms with Crippen LogP contribution >= 0.6 is 0 Å². The molecule has 0 spiro atoms. The van der Waals surface area contributed by atoms with Gasteiger partial charge in [-0.25, -0.2) is 9.18 Å². The Morgan fingerprint density at radius 1 is 1.25 bits per heavy atom. The number of benzene rings is 1. The maximum Gasteiger partial charge on any atom is 0.407 e. The van der Waals surface area contributed by atoms with Crippen LogP contribution in [0.15, 0.2) is 23.8 Å². The Hall–Kier alpha value is -2.37. The second-order valence-corrected chi connectivity index (χ2v) is 10.4. The lowest BCUT2D eigenvalue weighted by Gasteiger charge is -2.38. The summed E-state index contributed by atoms with van der Waals surface area (Å²) < 4.78 is 19.1. The van der Waals surface area contributed by atoms with E-state index in [-0.39, 0.29) is 17.8 Å². The maximum absolute atomic E-state index is 13.8.